The van der Waals surface area contributed by atoms with E-state index in [0.717, 1.165) is 24.3 Å². The summed E-state index contributed by atoms with van der Waals surface area (Å²) >= 11 is 3.07. The molecule has 3 N–H and O–H groups in total. The Morgan fingerprint density at radius 3 is 2.48 bits per heavy atom. The number of para-hydroxylation sites is 1. The lowest BCUT2D eigenvalue weighted by molar-refractivity contribution is 0.594. The van der Waals surface area contributed by atoms with Crippen molar-refractivity contribution in [3.8, 4) is 0 Å². The molecule has 4 nitrogen and oxygen atoms in total. The number of hydrogen-bond donors (Lipinski definition) is 2. The first-order valence-corrected chi connectivity index (χ1v) is 8.08. The Morgan fingerprint density at radius 1 is 1.14 bits per heavy atom. The number of benzene rings is 2. The smallest absolute Gasteiger partial charge is 0.262 e. The van der Waals surface area contributed by atoms with Crippen LogP contribution in [0.25, 0.3) is 0 Å². The molecule has 2 aromatic carbocycles. The zero-order valence-electron chi connectivity index (χ0n) is 10.6. The molecule has 21 heavy (non-hydrogen) atoms. The maximum Gasteiger partial charge on any atom is 0.262 e. The van der Waals surface area contributed by atoms with Gasteiger partial charge in [0, 0.05) is 16.6 Å². The number of anilines is 1. The highest BCUT2D eigenvalue weighted by Crippen LogP contribution is 2.28. The van der Waals surface area contributed by atoms with E-state index in [1.807, 2.05) is 0 Å². The van der Waals surface area contributed by atoms with Crippen molar-refractivity contribution in [3.05, 3.63) is 58.1 Å². The van der Waals surface area contributed by atoms with Crippen LogP contribution in [0.15, 0.2) is 45.8 Å². The number of hydrogen-bond acceptors (Lipinski definition) is 3. The van der Waals surface area contributed by atoms with Crippen molar-refractivity contribution in [2.24, 2.45) is 5.73 Å². The Bertz CT molecular complexity index is 761. The van der Waals surface area contributed by atoms with E-state index in [1.54, 1.807) is 0 Å². The highest BCUT2D eigenvalue weighted by molar-refractivity contribution is 9.10. The molecule has 2 aromatic rings. The average Bonchev–Trinajstić information content (AvgIpc) is 2.43. The first-order chi connectivity index (χ1) is 9.85. The number of sulfonamides is 1. The molecule has 0 radical (unpaired) electrons. The predicted molar refractivity (Wildman–Crippen MR) is 79.2 cm³/mol. The lowest BCUT2D eigenvalue weighted by atomic mass is 10.2. The normalized spacial score (nSPS) is 11.4. The van der Waals surface area contributed by atoms with Gasteiger partial charge in [0.25, 0.3) is 10.0 Å². The minimum Gasteiger partial charge on any atom is -0.326 e. The molecule has 0 saturated heterocycles. The average molecular weight is 377 g/mol. The molecule has 0 heterocycles. The van der Waals surface area contributed by atoms with Crippen LogP contribution < -0.4 is 10.5 Å². The third kappa shape index (κ3) is 3.39. The minimum atomic E-state index is -4.05. The Hall–Kier alpha value is -1.51. The maximum atomic E-state index is 13.7. The third-order valence-electron chi connectivity index (χ3n) is 2.75. The number of nitrogens with one attached hydrogen (secondary N) is 1. The molecular weight excluding hydrogens is 366 g/mol. The second-order valence-corrected chi connectivity index (χ2v) is 6.70. The lowest BCUT2D eigenvalue weighted by Gasteiger charge is -2.11. The van der Waals surface area contributed by atoms with Gasteiger partial charge in [0.05, 0.1) is 10.6 Å². The van der Waals surface area contributed by atoms with Crippen molar-refractivity contribution < 1.29 is 17.2 Å². The summed E-state index contributed by atoms with van der Waals surface area (Å²) in [6.45, 7) is -0.140. The van der Waals surface area contributed by atoms with Gasteiger partial charge in [-0.2, -0.15) is 0 Å². The SMILES string of the molecule is NCc1cc(S(=O)(=O)Nc2c(F)cccc2Br)ccc1F. The van der Waals surface area contributed by atoms with E-state index in [4.69, 9.17) is 5.73 Å². The van der Waals surface area contributed by atoms with Gasteiger partial charge >= 0.3 is 0 Å². The van der Waals surface area contributed by atoms with E-state index in [2.05, 4.69) is 20.7 Å². The molecule has 0 unspecified atom stereocenters. The van der Waals surface area contributed by atoms with E-state index in [0.29, 0.717) is 0 Å². The molecule has 0 bridgehead atoms. The quantitative estimate of drug-likeness (QED) is 0.861. The summed E-state index contributed by atoms with van der Waals surface area (Å²) in [5, 5.41) is 0. The fourth-order valence-electron chi connectivity index (χ4n) is 1.66. The molecule has 0 spiro atoms. The molecule has 0 aromatic heterocycles. The molecule has 0 aliphatic rings. The standard InChI is InChI=1S/C13H11BrF2N2O2S/c14-10-2-1-3-12(16)13(10)18-21(19,20)9-4-5-11(15)8(6-9)7-17/h1-6,18H,7,17H2. The van der Waals surface area contributed by atoms with Gasteiger partial charge in [-0.3, -0.25) is 4.72 Å². The van der Waals surface area contributed by atoms with E-state index in [-0.39, 0.29) is 27.2 Å². The van der Waals surface area contributed by atoms with Crippen LogP contribution in [0.5, 0.6) is 0 Å². The van der Waals surface area contributed by atoms with Gasteiger partial charge in [-0.05, 0) is 46.3 Å². The van der Waals surface area contributed by atoms with Crippen LogP contribution in [0.4, 0.5) is 14.5 Å². The summed E-state index contributed by atoms with van der Waals surface area (Å²) in [4.78, 5) is -0.195. The summed E-state index contributed by atoms with van der Waals surface area (Å²) in [6.07, 6.45) is 0. The summed E-state index contributed by atoms with van der Waals surface area (Å²) < 4.78 is 53.9. The minimum absolute atomic E-state index is 0.0606. The zero-order valence-corrected chi connectivity index (χ0v) is 13.0. The molecule has 0 saturated carbocycles. The molecule has 0 aliphatic heterocycles. The number of rotatable bonds is 4. The summed E-state index contributed by atoms with van der Waals surface area (Å²) in [7, 11) is -4.05. The second kappa shape index (κ2) is 6.08. The monoisotopic (exact) mass is 376 g/mol. The second-order valence-electron chi connectivity index (χ2n) is 4.16. The summed E-state index contributed by atoms with van der Waals surface area (Å²) in [5.74, 6) is -1.32. The fraction of sp³-hybridized carbons (Fsp3) is 0.0769. The number of halogens is 3. The van der Waals surface area contributed by atoms with Gasteiger partial charge < -0.3 is 5.73 Å². The number of nitrogens with two attached hydrogens (primary N) is 1. The first-order valence-electron chi connectivity index (χ1n) is 5.80. The molecule has 0 fully saturated rings. The van der Waals surface area contributed by atoms with Gasteiger partial charge in [0.1, 0.15) is 11.6 Å². The van der Waals surface area contributed by atoms with E-state index >= 15 is 0 Å². The van der Waals surface area contributed by atoms with Crippen LogP contribution in [0, 0.1) is 11.6 Å². The van der Waals surface area contributed by atoms with Crippen LogP contribution in [-0.2, 0) is 16.6 Å². The Labute approximate surface area is 129 Å². The molecule has 2 rings (SSSR count). The summed E-state index contributed by atoms with van der Waals surface area (Å²) in [6, 6.07) is 7.27. The van der Waals surface area contributed by atoms with Crippen LogP contribution in [0.2, 0.25) is 0 Å². The zero-order chi connectivity index (χ0) is 15.6. The molecule has 112 valence electrons. The van der Waals surface area contributed by atoms with E-state index in [9.17, 15) is 17.2 Å². The van der Waals surface area contributed by atoms with Crippen LogP contribution in [0.1, 0.15) is 5.56 Å². The molecule has 8 heteroatoms. The van der Waals surface area contributed by atoms with Gasteiger partial charge in [0.2, 0.25) is 0 Å². The van der Waals surface area contributed by atoms with Gasteiger partial charge in [-0.25, -0.2) is 17.2 Å². The first kappa shape index (κ1) is 15.9. The highest BCUT2D eigenvalue weighted by Gasteiger charge is 2.19. The van der Waals surface area contributed by atoms with Gasteiger partial charge in [-0.1, -0.05) is 6.07 Å². The highest BCUT2D eigenvalue weighted by atomic mass is 79.9. The Kier molecular flexibility index (Phi) is 4.60. The fourth-order valence-corrected chi connectivity index (χ4v) is 3.37. The molecule has 0 atom stereocenters. The van der Waals surface area contributed by atoms with Crippen LogP contribution >= 0.6 is 15.9 Å². The topological polar surface area (TPSA) is 72.2 Å². The maximum absolute atomic E-state index is 13.7. The van der Waals surface area contributed by atoms with Crippen LogP contribution in [-0.4, -0.2) is 8.42 Å². The third-order valence-corrected chi connectivity index (χ3v) is 4.75. The predicted octanol–water partition coefficient (Wildman–Crippen LogP) is 2.99. The van der Waals surface area contributed by atoms with Gasteiger partial charge in [-0.15, -0.1) is 0 Å². The van der Waals surface area contributed by atoms with Crippen molar-refractivity contribution in [2.45, 2.75) is 11.4 Å². The van der Waals surface area contributed by atoms with E-state index in [1.165, 1.54) is 12.1 Å². The molecule has 0 aliphatic carbocycles. The Morgan fingerprint density at radius 2 is 1.86 bits per heavy atom. The molecule has 0 amide bonds. The lowest BCUT2D eigenvalue weighted by Crippen LogP contribution is -2.15. The van der Waals surface area contributed by atoms with Crippen molar-refractivity contribution in [3.63, 3.8) is 0 Å². The van der Waals surface area contributed by atoms with E-state index < -0.39 is 21.7 Å². The van der Waals surface area contributed by atoms with Crippen molar-refractivity contribution in [2.75, 3.05) is 4.72 Å². The largest absolute Gasteiger partial charge is 0.326 e. The van der Waals surface area contributed by atoms with Crippen molar-refractivity contribution in [1.82, 2.24) is 0 Å². The van der Waals surface area contributed by atoms with Crippen molar-refractivity contribution in [1.29, 1.82) is 0 Å². The Balaban J connectivity index is 2.44. The van der Waals surface area contributed by atoms with Crippen LogP contribution in [0.3, 0.4) is 0 Å². The van der Waals surface area contributed by atoms with Crippen molar-refractivity contribution >= 4 is 31.6 Å². The van der Waals surface area contributed by atoms with Gasteiger partial charge in [0.15, 0.2) is 0 Å². The molecular formula is C13H11BrF2N2O2S. The summed E-state index contributed by atoms with van der Waals surface area (Å²) in [5.41, 5.74) is 5.19.